The third kappa shape index (κ3) is 3.39. The quantitative estimate of drug-likeness (QED) is 0.710. The van der Waals surface area contributed by atoms with E-state index < -0.39 is 0 Å². The normalized spacial score (nSPS) is 14.4. The van der Waals surface area contributed by atoms with E-state index in [1.54, 1.807) is 0 Å². The summed E-state index contributed by atoms with van der Waals surface area (Å²) >= 11 is 0. The van der Waals surface area contributed by atoms with Gasteiger partial charge in [0.15, 0.2) is 0 Å². The average Bonchev–Trinajstić information content (AvgIpc) is 2.15. The molecule has 0 spiro atoms. The summed E-state index contributed by atoms with van der Waals surface area (Å²) in [6.07, 6.45) is -0.0794. The first-order valence-corrected chi connectivity index (χ1v) is 5.24. The van der Waals surface area contributed by atoms with E-state index in [9.17, 15) is 4.79 Å². The van der Waals surface area contributed by atoms with Crippen molar-refractivity contribution in [2.75, 3.05) is 0 Å². The Labute approximate surface area is 91.3 Å². The molecule has 1 rings (SSSR count). The lowest BCUT2D eigenvalue weighted by Gasteiger charge is -2.20. The van der Waals surface area contributed by atoms with E-state index in [2.05, 4.69) is 32.0 Å². The highest BCUT2D eigenvalue weighted by molar-refractivity contribution is 5.66. The van der Waals surface area contributed by atoms with E-state index in [1.165, 1.54) is 18.1 Å². The molecule has 0 unspecified atom stereocenters. The maximum absolute atomic E-state index is 10.8. The molecule has 0 aliphatic heterocycles. The Morgan fingerprint density at radius 1 is 1.33 bits per heavy atom. The molecule has 2 heteroatoms. The number of carbonyl (C=O) groups excluding carboxylic acids is 1. The van der Waals surface area contributed by atoms with Gasteiger partial charge in [0.05, 0.1) is 0 Å². The molecule has 0 aromatic heterocycles. The van der Waals surface area contributed by atoms with Gasteiger partial charge < -0.3 is 4.74 Å². The molecule has 1 aromatic rings. The first kappa shape index (κ1) is 11.8. The monoisotopic (exact) mass is 206 g/mol. The summed E-state index contributed by atoms with van der Waals surface area (Å²) in [5.74, 6) is 0.0100. The molecule has 82 valence electrons. The van der Waals surface area contributed by atoms with Crippen molar-refractivity contribution >= 4 is 5.97 Å². The van der Waals surface area contributed by atoms with Crippen molar-refractivity contribution < 1.29 is 9.53 Å². The zero-order valence-electron chi connectivity index (χ0n) is 9.78. The molecule has 0 N–H and O–H groups in total. The van der Waals surface area contributed by atoms with Gasteiger partial charge in [0.2, 0.25) is 0 Å². The van der Waals surface area contributed by atoms with Crippen LogP contribution in [0.3, 0.4) is 0 Å². The SMILES string of the molecule is CC(=O)O[C@@H](C)[C@H](C)c1cccc(C)c1. The summed E-state index contributed by atoms with van der Waals surface area (Å²) in [6.45, 7) is 7.50. The van der Waals surface area contributed by atoms with Crippen LogP contribution in [0.4, 0.5) is 0 Å². The Morgan fingerprint density at radius 3 is 2.53 bits per heavy atom. The second-order valence-corrected chi connectivity index (χ2v) is 4.02. The summed E-state index contributed by atoms with van der Waals surface area (Å²) in [4.78, 5) is 10.8. The summed E-state index contributed by atoms with van der Waals surface area (Å²) < 4.78 is 5.17. The fourth-order valence-electron chi connectivity index (χ4n) is 1.59. The second-order valence-electron chi connectivity index (χ2n) is 4.02. The van der Waals surface area contributed by atoms with Crippen LogP contribution < -0.4 is 0 Å². The topological polar surface area (TPSA) is 26.3 Å². The van der Waals surface area contributed by atoms with E-state index in [4.69, 9.17) is 4.74 Å². The van der Waals surface area contributed by atoms with Crippen molar-refractivity contribution in [1.29, 1.82) is 0 Å². The summed E-state index contributed by atoms with van der Waals surface area (Å²) in [5.41, 5.74) is 2.44. The molecule has 0 aliphatic rings. The first-order valence-electron chi connectivity index (χ1n) is 5.24. The zero-order valence-corrected chi connectivity index (χ0v) is 9.78. The van der Waals surface area contributed by atoms with Crippen LogP contribution in [0, 0.1) is 6.92 Å². The lowest BCUT2D eigenvalue weighted by atomic mass is 9.95. The Bertz CT molecular complexity index is 344. The van der Waals surface area contributed by atoms with Crippen LogP contribution in [0.25, 0.3) is 0 Å². The molecule has 0 saturated heterocycles. The third-order valence-electron chi connectivity index (χ3n) is 2.62. The molecule has 0 fully saturated rings. The number of benzene rings is 1. The van der Waals surface area contributed by atoms with E-state index in [0.29, 0.717) is 0 Å². The van der Waals surface area contributed by atoms with Crippen LogP contribution in [0.15, 0.2) is 24.3 Å². The maximum Gasteiger partial charge on any atom is 0.302 e. The van der Waals surface area contributed by atoms with Crippen molar-refractivity contribution in [3.63, 3.8) is 0 Å². The molecule has 0 heterocycles. The second kappa shape index (κ2) is 4.96. The highest BCUT2D eigenvalue weighted by atomic mass is 16.5. The van der Waals surface area contributed by atoms with Gasteiger partial charge in [-0.15, -0.1) is 0 Å². The minimum atomic E-state index is -0.220. The molecule has 0 bridgehead atoms. The van der Waals surface area contributed by atoms with Crippen LogP contribution in [-0.2, 0) is 9.53 Å². The number of hydrogen-bond donors (Lipinski definition) is 0. The Balaban J connectivity index is 2.75. The predicted molar refractivity (Wildman–Crippen MR) is 60.8 cm³/mol. The fraction of sp³-hybridized carbons (Fsp3) is 0.462. The largest absolute Gasteiger partial charge is 0.462 e. The van der Waals surface area contributed by atoms with Gasteiger partial charge >= 0.3 is 5.97 Å². The van der Waals surface area contributed by atoms with Gasteiger partial charge in [-0.25, -0.2) is 0 Å². The van der Waals surface area contributed by atoms with Crippen molar-refractivity contribution in [3.05, 3.63) is 35.4 Å². The van der Waals surface area contributed by atoms with Gasteiger partial charge in [-0.05, 0) is 19.4 Å². The van der Waals surface area contributed by atoms with Gasteiger partial charge in [-0.2, -0.15) is 0 Å². The van der Waals surface area contributed by atoms with Crippen molar-refractivity contribution in [3.8, 4) is 0 Å². The van der Waals surface area contributed by atoms with Crippen LogP contribution in [0.2, 0.25) is 0 Å². The minimum absolute atomic E-state index is 0.0794. The molecular formula is C13H18O2. The van der Waals surface area contributed by atoms with Crippen LogP contribution >= 0.6 is 0 Å². The van der Waals surface area contributed by atoms with Gasteiger partial charge in [0.1, 0.15) is 6.10 Å². The van der Waals surface area contributed by atoms with Crippen molar-refractivity contribution in [2.24, 2.45) is 0 Å². The summed E-state index contributed by atoms with van der Waals surface area (Å²) in [5, 5.41) is 0. The van der Waals surface area contributed by atoms with Crippen molar-refractivity contribution in [2.45, 2.75) is 39.7 Å². The summed E-state index contributed by atoms with van der Waals surface area (Å²) in [6, 6.07) is 8.29. The highest BCUT2D eigenvalue weighted by Gasteiger charge is 2.16. The van der Waals surface area contributed by atoms with Crippen LogP contribution in [0.1, 0.15) is 37.8 Å². The zero-order chi connectivity index (χ0) is 11.4. The van der Waals surface area contributed by atoms with Crippen LogP contribution in [-0.4, -0.2) is 12.1 Å². The Hall–Kier alpha value is -1.31. The van der Waals surface area contributed by atoms with Crippen molar-refractivity contribution in [1.82, 2.24) is 0 Å². The Morgan fingerprint density at radius 2 is 2.00 bits per heavy atom. The smallest absolute Gasteiger partial charge is 0.302 e. The number of ether oxygens (including phenoxy) is 1. The molecule has 0 amide bonds. The standard InChI is InChI=1S/C13H18O2/c1-9-6-5-7-13(8-9)10(2)11(3)15-12(4)14/h5-8,10-11H,1-4H3/t10-,11-/m0/s1. The highest BCUT2D eigenvalue weighted by Crippen LogP contribution is 2.22. The lowest BCUT2D eigenvalue weighted by Crippen LogP contribution is -2.19. The first-order chi connectivity index (χ1) is 7.00. The van der Waals surface area contributed by atoms with Gasteiger partial charge in [-0.1, -0.05) is 36.8 Å². The molecule has 1 aromatic carbocycles. The molecule has 15 heavy (non-hydrogen) atoms. The van der Waals surface area contributed by atoms with Crippen LogP contribution in [0.5, 0.6) is 0 Å². The molecular weight excluding hydrogens is 188 g/mol. The molecule has 0 saturated carbocycles. The van der Waals surface area contributed by atoms with E-state index >= 15 is 0 Å². The number of carbonyl (C=O) groups is 1. The molecule has 0 aliphatic carbocycles. The van der Waals surface area contributed by atoms with E-state index in [1.807, 2.05) is 13.0 Å². The summed E-state index contributed by atoms with van der Waals surface area (Å²) in [7, 11) is 0. The molecule has 2 nitrogen and oxygen atoms in total. The van der Waals surface area contributed by atoms with Gasteiger partial charge in [-0.3, -0.25) is 4.79 Å². The predicted octanol–water partition coefficient (Wildman–Crippen LogP) is 3.05. The minimum Gasteiger partial charge on any atom is -0.462 e. The maximum atomic E-state index is 10.8. The lowest BCUT2D eigenvalue weighted by molar-refractivity contribution is -0.146. The third-order valence-corrected chi connectivity index (χ3v) is 2.62. The number of esters is 1. The Kier molecular flexibility index (Phi) is 3.89. The average molecular weight is 206 g/mol. The van der Waals surface area contributed by atoms with Gasteiger partial charge in [0, 0.05) is 12.8 Å². The number of rotatable bonds is 3. The van der Waals surface area contributed by atoms with Gasteiger partial charge in [0.25, 0.3) is 0 Å². The van der Waals surface area contributed by atoms with E-state index in [0.717, 1.165) is 0 Å². The number of hydrogen-bond acceptors (Lipinski definition) is 2. The fourth-order valence-corrected chi connectivity index (χ4v) is 1.59. The molecule has 0 radical (unpaired) electrons. The number of aryl methyl sites for hydroxylation is 1. The van der Waals surface area contributed by atoms with E-state index in [-0.39, 0.29) is 18.0 Å². The molecule has 2 atom stereocenters.